The zero-order valence-corrected chi connectivity index (χ0v) is 20.3. The van der Waals surface area contributed by atoms with Gasteiger partial charge < -0.3 is 15.4 Å². The van der Waals surface area contributed by atoms with Crippen LogP contribution in [0, 0.1) is 11.6 Å². The average molecular weight is 505 g/mol. The minimum absolute atomic E-state index is 0.00160. The summed E-state index contributed by atoms with van der Waals surface area (Å²) < 4.78 is 35.8. The van der Waals surface area contributed by atoms with Crippen LogP contribution >= 0.6 is 11.3 Å². The quantitative estimate of drug-likeness (QED) is 0.460. The van der Waals surface area contributed by atoms with Gasteiger partial charge in [0.15, 0.2) is 5.69 Å². The summed E-state index contributed by atoms with van der Waals surface area (Å²) in [6.45, 7) is 6.80. The van der Waals surface area contributed by atoms with Crippen molar-refractivity contribution in [1.29, 1.82) is 0 Å². The number of benzene rings is 1. The number of halogens is 2. The van der Waals surface area contributed by atoms with Crippen molar-refractivity contribution in [2.75, 3.05) is 23.7 Å². The first-order chi connectivity index (χ1) is 16.6. The van der Waals surface area contributed by atoms with E-state index in [0.29, 0.717) is 5.69 Å². The van der Waals surface area contributed by atoms with Gasteiger partial charge in [0.2, 0.25) is 0 Å². The minimum atomic E-state index is -0.836. The van der Waals surface area contributed by atoms with Gasteiger partial charge in [-0.05, 0) is 52.3 Å². The number of thiazole rings is 1. The maximum absolute atomic E-state index is 14.4. The number of anilines is 2. The monoisotopic (exact) mass is 504 g/mol. The molecule has 9 nitrogen and oxygen atoms in total. The number of amides is 2. The van der Waals surface area contributed by atoms with Crippen molar-refractivity contribution >= 4 is 34.0 Å². The molecule has 2 amide bonds. The van der Waals surface area contributed by atoms with Crippen LogP contribution in [0.3, 0.4) is 0 Å². The van der Waals surface area contributed by atoms with Crippen LogP contribution in [0.25, 0.3) is 10.6 Å². The molecule has 3 aromatic rings. The average Bonchev–Trinajstić information content (AvgIpc) is 3.40. The smallest absolute Gasteiger partial charge is 0.412 e. The van der Waals surface area contributed by atoms with E-state index in [4.69, 9.17) is 4.74 Å². The normalized spacial score (nSPS) is 16.1. The molecule has 0 spiro atoms. The summed E-state index contributed by atoms with van der Waals surface area (Å²) >= 11 is 0.769. The fraction of sp³-hybridized carbons (Fsp3) is 0.391. The molecule has 4 rings (SSSR count). The largest absolute Gasteiger partial charge is 0.444 e. The van der Waals surface area contributed by atoms with Crippen LogP contribution in [0.2, 0.25) is 0 Å². The number of piperidine rings is 1. The van der Waals surface area contributed by atoms with E-state index in [0.717, 1.165) is 49.4 Å². The third kappa shape index (κ3) is 6.01. The van der Waals surface area contributed by atoms with Gasteiger partial charge in [-0.3, -0.25) is 14.8 Å². The Kier molecular flexibility index (Phi) is 7.13. The predicted octanol–water partition coefficient (Wildman–Crippen LogP) is 4.81. The molecule has 3 N–H and O–H groups in total. The molecule has 0 aliphatic carbocycles. The number of aromatic nitrogens is 3. The van der Waals surface area contributed by atoms with Crippen molar-refractivity contribution in [3.05, 3.63) is 47.9 Å². The van der Waals surface area contributed by atoms with Crippen molar-refractivity contribution in [3.63, 3.8) is 0 Å². The zero-order chi connectivity index (χ0) is 25.2. The Labute approximate surface area is 204 Å². The minimum Gasteiger partial charge on any atom is -0.444 e. The highest BCUT2D eigenvalue weighted by atomic mass is 32.1. The van der Waals surface area contributed by atoms with Crippen LogP contribution in [0.15, 0.2) is 30.6 Å². The number of nitrogens with one attached hydrogen (secondary N) is 3. The Morgan fingerprint density at radius 1 is 1.23 bits per heavy atom. The number of hydrogen-bond donors (Lipinski definition) is 3. The molecule has 1 aliphatic heterocycles. The summed E-state index contributed by atoms with van der Waals surface area (Å²) in [6, 6.07) is 3.59. The maximum atomic E-state index is 14.4. The molecular formula is C23H26F2N6O3S. The molecule has 0 radical (unpaired) electrons. The lowest BCUT2D eigenvalue weighted by Gasteiger charge is -2.22. The van der Waals surface area contributed by atoms with Crippen LogP contribution in [0.4, 0.5) is 24.3 Å². The van der Waals surface area contributed by atoms with Gasteiger partial charge in [-0.15, -0.1) is 0 Å². The van der Waals surface area contributed by atoms with E-state index in [2.05, 4.69) is 26.0 Å². The SMILES string of the molecule is CC(C)(C)OC(=O)Nc1sc(-c2c(F)cccc2F)nc1C(=O)Nc1cnn([C@H]2CCCNC2)c1. The van der Waals surface area contributed by atoms with Crippen molar-refractivity contribution < 1.29 is 23.1 Å². The topological polar surface area (TPSA) is 110 Å². The molecule has 0 saturated carbocycles. The summed E-state index contributed by atoms with van der Waals surface area (Å²) in [5.41, 5.74) is -0.956. The second kappa shape index (κ2) is 10.1. The van der Waals surface area contributed by atoms with Crippen molar-refractivity contribution in [3.8, 4) is 10.6 Å². The fourth-order valence-corrected chi connectivity index (χ4v) is 4.61. The highest BCUT2D eigenvalue weighted by Crippen LogP contribution is 2.35. The van der Waals surface area contributed by atoms with Gasteiger partial charge in [0.25, 0.3) is 5.91 Å². The lowest BCUT2D eigenvalue weighted by Crippen LogP contribution is -2.31. The van der Waals surface area contributed by atoms with E-state index in [1.54, 1.807) is 31.6 Å². The molecule has 1 fully saturated rings. The molecular weight excluding hydrogens is 478 g/mol. The Morgan fingerprint density at radius 3 is 2.63 bits per heavy atom. The third-order valence-corrected chi connectivity index (χ3v) is 6.13. The van der Waals surface area contributed by atoms with Gasteiger partial charge in [0.05, 0.1) is 23.5 Å². The predicted molar refractivity (Wildman–Crippen MR) is 129 cm³/mol. The Hall–Kier alpha value is -3.38. The Balaban J connectivity index is 1.61. The van der Waals surface area contributed by atoms with Crippen LogP contribution in [-0.2, 0) is 4.74 Å². The van der Waals surface area contributed by atoms with Crippen LogP contribution < -0.4 is 16.0 Å². The second-order valence-corrected chi connectivity index (χ2v) is 10.1. The summed E-state index contributed by atoms with van der Waals surface area (Å²) in [5, 5.41) is 12.7. The number of carbonyl (C=O) groups excluding carboxylic acids is 2. The summed E-state index contributed by atoms with van der Waals surface area (Å²) in [6.07, 6.45) is 4.39. The first-order valence-corrected chi connectivity index (χ1v) is 11.9. The second-order valence-electron chi connectivity index (χ2n) is 9.08. The molecule has 0 unspecified atom stereocenters. The van der Waals surface area contributed by atoms with Crippen molar-refractivity contribution in [1.82, 2.24) is 20.1 Å². The molecule has 186 valence electrons. The number of rotatable bonds is 5. The lowest BCUT2D eigenvalue weighted by molar-refractivity contribution is 0.0636. The maximum Gasteiger partial charge on any atom is 0.412 e. The summed E-state index contributed by atoms with van der Waals surface area (Å²) in [5.74, 6) is -2.34. The first-order valence-electron chi connectivity index (χ1n) is 11.1. The number of nitrogens with zero attached hydrogens (tertiary/aromatic N) is 3. The summed E-state index contributed by atoms with van der Waals surface area (Å²) in [7, 11) is 0. The molecule has 35 heavy (non-hydrogen) atoms. The van der Waals surface area contributed by atoms with Crippen LogP contribution in [0.1, 0.15) is 50.1 Å². The van der Waals surface area contributed by atoms with E-state index in [1.165, 1.54) is 12.3 Å². The van der Waals surface area contributed by atoms with Gasteiger partial charge in [-0.25, -0.2) is 18.6 Å². The fourth-order valence-electron chi connectivity index (χ4n) is 3.62. The standard InChI is InChI=1S/C23H26F2N6O3S/c1-23(2,3)34-22(33)30-21-18(29-20(35-21)17-15(24)7-4-8-16(17)25)19(32)28-13-10-27-31(12-13)14-6-5-9-26-11-14/h4,7-8,10,12,14,26H,5-6,9,11H2,1-3H3,(H,28,32)(H,30,33)/t14-/m0/s1. The molecule has 12 heteroatoms. The van der Waals surface area contributed by atoms with E-state index >= 15 is 0 Å². The number of hydrogen-bond acceptors (Lipinski definition) is 7. The molecule has 1 atom stereocenters. The molecule has 1 saturated heterocycles. The molecule has 1 aromatic carbocycles. The van der Waals surface area contributed by atoms with E-state index < -0.39 is 29.2 Å². The highest BCUT2D eigenvalue weighted by molar-refractivity contribution is 7.19. The van der Waals surface area contributed by atoms with E-state index in [9.17, 15) is 18.4 Å². The molecule has 0 bridgehead atoms. The van der Waals surface area contributed by atoms with Gasteiger partial charge in [0.1, 0.15) is 27.2 Å². The molecule has 2 aromatic heterocycles. The van der Waals surface area contributed by atoms with E-state index in [-0.39, 0.29) is 27.3 Å². The third-order valence-electron chi connectivity index (χ3n) is 5.14. The Bertz CT molecular complexity index is 1210. The van der Waals surface area contributed by atoms with Crippen molar-refractivity contribution in [2.45, 2.75) is 45.3 Å². The molecule has 1 aliphatic rings. The van der Waals surface area contributed by atoms with Crippen LogP contribution in [0.5, 0.6) is 0 Å². The number of ether oxygens (including phenoxy) is 1. The van der Waals surface area contributed by atoms with Gasteiger partial charge in [-0.2, -0.15) is 5.10 Å². The van der Waals surface area contributed by atoms with Gasteiger partial charge >= 0.3 is 6.09 Å². The Morgan fingerprint density at radius 2 is 1.97 bits per heavy atom. The van der Waals surface area contributed by atoms with Crippen molar-refractivity contribution in [2.24, 2.45) is 0 Å². The van der Waals surface area contributed by atoms with Gasteiger partial charge in [0, 0.05) is 12.7 Å². The lowest BCUT2D eigenvalue weighted by atomic mass is 10.1. The van der Waals surface area contributed by atoms with Gasteiger partial charge in [-0.1, -0.05) is 17.4 Å². The highest BCUT2D eigenvalue weighted by Gasteiger charge is 2.26. The summed E-state index contributed by atoms with van der Waals surface area (Å²) in [4.78, 5) is 29.6. The zero-order valence-electron chi connectivity index (χ0n) is 19.5. The first kappa shape index (κ1) is 24.7. The number of carbonyl (C=O) groups is 2. The van der Waals surface area contributed by atoms with Crippen LogP contribution in [-0.4, -0.2) is 45.5 Å². The van der Waals surface area contributed by atoms with E-state index in [1.807, 2.05) is 0 Å². The molecule has 3 heterocycles.